The largest absolute Gasteiger partial charge is 0.481 e. The number of carbonyl (C=O) groups excluding carboxylic acids is 5. The minimum atomic E-state index is -1.50. The van der Waals surface area contributed by atoms with Gasteiger partial charge in [-0.1, -0.05) is 32.0 Å². The standard InChI is InChI=1S/C31H42N6O7S/c1-16(2)12-20-26(40)33-21(13-17-15-32-19-9-6-5-8-18(17)19)27(41)35-22(14-24(38)39)30(44)37-11-7-10-23(37)28(42)36-25(29(43)34-20)31(3,4)45/h5-6,8-9,15-16,20-23,25,32,45H,7,10-14H2,1-4H3,(H,33,40)(H,34,43)(H,35,41)(H,36,42)(H,38,39)/t20-,21+,22+,23-,25-/m0/s1. The van der Waals surface area contributed by atoms with E-state index in [1.807, 2.05) is 38.1 Å². The minimum Gasteiger partial charge on any atom is -0.481 e. The smallest absolute Gasteiger partial charge is 0.305 e. The molecule has 0 unspecified atom stereocenters. The van der Waals surface area contributed by atoms with Crippen molar-refractivity contribution in [1.29, 1.82) is 0 Å². The van der Waals surface area contributed by atoms with E-state index >= 15 is 0 Å². The second kappa shape index (κ2) is 13.9. The van der Waals surface area contributed by atoms with Gasteiger partial charge >= 0.3 is 5.97 Å². The number of para-hydroxylation sites is 1. The zero-order valence-corrected chi connectivity index (χ0v) is 26.8. The average Bonchev–Trinajstić information content (AvgIpc) is 3.60. The lowest BCUT2D eigenvalue weighted by molar-refractivity contribution is -0.146. The molecule has 1 aromatic carbocycles. The van der Waals surface area contributed by atoms with Crippen molar-refractivity contribution in [2.45, 2.75) is 94.8 Å². The average molecular weight is 643 g/mol. The monoisotopic (exact) mass is 642 g/mol. The Morgan fingerprint density at radius 1 is 0.956 bits per heavy atom. The van der Waals surface area contributed by atoms with Crippen molar-refractivity contribution in [3.05, 3.63) is 36.0 Å². The zero-order chi connectivity index (χ0) is 33.1. The van der Waals surface area contributed by atoms with Gasteiger partial charge in [0.25, 0.3) is 0 Å². The predicted molar refractivity (Wildman–Crippen MR) is 169 cm³/mol. The van der Waals surface area contributed by atoms with Crippen LogP contribution in [0.5, 0.6) is 0 Å². The summed E-state index contributed by atoms with van der Waals surface area (Å²) in [7, 11) is 0. The van der Waals surface area contributed by atoms with E-state index in [1.165, 1.54) is 4.90 Å². The fourth-order valence-corrected chi connectivity index (χ4v) is 6.09. The van der Waals surface area contributed by atoms with Gasteiger partial charge in [0, 0.05) is 34.8 Å². The van der Waals surface area contributed by atoms with E-state index in [2.05, 4.69) is 38.9 Å². The predicted octanol–water partition coefficient (Wildman–Crippen LogP) is 0.883. The van der Waals surface area contributed by atoms with Crippen LogP contribution in [0.15, 0.2) is 30.5 Å². The van der Waals surface area contributed by atoms with Crippen molar-refractivity contribution in [3.63, 3.8) is 0 Å². The molecule has 2 saturated heterocycles. The lowest BCUT2D eigenvalue weighted by Crippen LogP contribution is -2.62. The third kappa shape index (κ3) is 8.16. The van der Waals surface area contributed by atoms with Gasteiger partial charge in [-0.25, -0.2) is 0 Å². The maximum absolute atomic E-state index is 13.9. The number of aromatic amines is 1. The Bertz CT molecular complexity index is 1470. The minimum absolute atomic E-state index is 0.0105. The molecule has 5 atom stereocenters. The van der Waals surface area contributed by atoms with E-state index in [0.29, 0.717) is 12.0 Å². The summed E-state index contributed by atoms with van der Waals surface area (Å²) in [4.78, 5) is 84.8. The summed E-state index contributed by atoms with van der Waals surface area (Å²) in [5.74, 6) is -4.77. The molecule has 2 fully saturated rings. The molecule has 13 nitrogen and oxygen atoms in total. The molecule has 0 saturated carbocycles. The maximum atomic E-state index is 13.9. The van der Waals surface area contributed by atoms with E-state index in [-0.39, 0.29) is 31.7 Å². The zero-order valence-electron chi connectivity index (χ0n) is 25.9. The second-order valence-electron chi connectivity index (χ2n) is 12.8. The highest BCUT2D eigenvalue weighted by atomic mass is 32.1. The van der Waals surface area contributed by atoms with Crippen molar-refractivity contribution in [2.24, 2.45) is 5.92 Å². The van der Waals surface area contributed by atoms with Gasteiger partial charge in [0.1, 0.15) is 30.2 Å². The lowest BCUT2D eigenvalue weighted by Gasteiger charge is -2.33. The van der Waals surface area contributed by atoms with Crippen LogP contribution < -0.4 is 21.3 Å². The van der Waals surface area contributed by atoms with Gasteiger partial charge in [0.15, 0.2) is 0 Å². The quantitative estimate of drug-likeness (QED) is 0.218. The highest BCUT2D eigenvalue weighted by molar-refractivity contribution is 7.81. The van der Waals surface area contributed by atoms with Crippen LogP contribution in [0.4, 0.5) is 0 Å². The molecule has 0 aliphatic carbocycles. The number of aliphatic carboxylic acids is 1. The van der Waals surface area contributed by atoms with E-state index in [0.717, 1.165) is 10.9 Å². The van der Waals surface area contributed by atoms with Gasteiger partial charge in [-0.2, -0.15) is 12.6 Å². The number of aromatic nitrogens is 1. The summed E-state index contributed by atoms with van der Waals surface area (Å²) in [6.07, 6.45) is 1.98. The number of carbonyl (C=O) groups is 6. The third-order valence-electron chi connectivity index (χ3n) is 8.16. The van der Waals surface area contributed by atoms with Gasteiger partial charge in [0.05, 0.1) is 6.42 Å². The molecule has 5 amide bonds. The van der Waals surface area contributed by atoms with Gasteiger partial charge in [-0.15, -0.1) is 0 Å². The van der Waals surface area contributed by atoms with Crippen molar-refractivity contribution in [2.75, 3.05) is 6.54 Å². The van der Waals surface area contributed by atoms with E-state index < -0.39 is 76.9 Å². The number of carboxylic acids is 1. The van der Waals surface area contributed by atoms with E-state index in [9.17, 15) is 33.9 Å². The van der Waals surface area contributed by atoms with E-state index in [4.69, 9.17) is 0 Å². The molecule has 0 bridgehead atoms. The fraction of sp³-hybridized carbons (Fsp3) is 0.548. The molecule has 6 N–H and O–H groups in total. The van der Waals surface area contributed by atoms with Gasteiger partial charge in [-0.05, 0) is 50.7 Å². The van der Waals surface area contributed by atoms with Gasteiger partial charge in [-0.3, -0.25) is 28.8 Å². The molecule has 4 rings (SSSR count). The third-order valence-corrected chi connectivity index (χ3v) is 8.42. The van der Waals surface area contributed by atoms with Crippen LogP contribution in [-0.2, 0) is 35.2 Å². The number of benzene rings is 1. The maximum Gasteiger partial charge on any atom is 0.305 e. The van der Waals surface area contributed by atoms with Crippen molar-refractivity contribution in [1.82, 2.24) is 31.2 Å². The molecule has 0 spiro atoms. The van der Waals surface area contributed by atoms with Crippen LogP contribution in [-0.4, -0.2) is 92.0 Å². The van der Waals surface area contributed by atoms with Crippen molar-refractivity contribution in [3.8, 4) is 0 Å². The molecule has 3 heterocycles. The first-order valence-corrected chi connectivity index (χ1v) is 15.6. The number of H-pyrrole nitrogens is 1. The Balaban J connectivity index is 1.78. The molecule has 45 heavy (non-hydrogen) atoms. The molecule has 14 heteroatoms. The van der Waals surface area contributed by atoms with Crippen LogP contribution in [0.3, 0.4) is 0 Å². The van der Waals surface area contributed by atoms with Crippen molar-refractivity contribution >= 4 is 59.0 Å². The molecule has 2 aliphatic heterocycles. The van der Waals surface area contributed by atoms with E-state index in [1.54, 1.807) is 20.0 Å². The van der Waals surface area contributed by atoms with Crippen LogP contribution in [0.2, 0.25) is 0 Å². The molecule has 1 aromatic heterocycles. The normalized spacial score (nSPS) is 25.6. The summed E-state index contributed by atoms with van der Waals surface area (Å²) >= 11 is 4.56. The Hall–Kier alpha value is -4.07. The SMILES string of the molecule is CC(C)C[C@@H]1NC(=O)[C@@H](C(C)(C)S)NC(=O)[C@@H]2CCCN2C(=O)[C@@H](CC(=O)O)NC(=O)[C@@H](Cc2c[nH]c3ccccc23)NC1=O. The van der Waals surface area contributed by atoms with Crippen LogP contribution in [0.1, 0.15) is 58.9 Å². The highest BCUT2D eigenvalue weighted by Crippen LogP contribution is 2.24. The number of hydrogen-bond acceptors (Lipinski definition) is 7. The number of rotatable bonds is 7. The van der Waals surface area contributed by atoms with Crippen molar-refractivity contribution < 1.29 is 33.9 Å². The van der Waals surface area contributed by atoms with Gasteiger partial charge in [0.2, 0.25) is 29.5 Å². The Labute approximate surface area is 267 Å². The summed E-state index contributed by atoms with van der Waals surface area (Å²) in [6, 6.07) is 1.44. The molecule has 244 valence electrons. The number of thiol groups is 1. The van der Waals surface area contributed by atoms with Crippen LogP contribution >= 0.6 is 12.6 Å². The number of fused-ring (bicyclic) bond motifs is 2. The molecular formula is C31H42N6O7S. The lowest BCUT2D eigenvalue weighted by atomic mass is 9.98. The Morgan fingerprint density at radius 3 is 2.27 bits per heavy atom. The first kappa shape index (κ1) is 33.8. The first-order valence-electron chi connectivity index (χ1n) is 15.2. The number of nitrogens with zero attached hydrogens (tertiary/aromatic N) is 1. The molecule has 2 aliphatic rings. The fourth-order valence-electron chi connectivity index (χ4n) is 5.91. The second-order valence-corrected chi connectivity index (χ2v) is 13.9. The summed E-state index contributed by atoms with van der Waals surface area (Å²) in [5.41, 5.74) is 1.53. The Morgan fingerprint density at radius 2 is 1.60 bits per heavy atom. The first-order chi connectivity index (χ1) is 21.1. The van der Waals surface area contributed by atoms with Crippen LogP contribution in [0, 0.1) is 5.92 Å². The highest BCUT2D eigenvalue weighted by Gasteiger charge is 2.43. The summed E-state index contributed by atoms with van der Waals surface area (Å²) < 4.78 is -1.07. The Kier molecular flexibility index (Phi) is 10.5. The van der Waals surface area contributed by atoms with Crippen LogP contribution in [0.25, 0.3) is 10.9 Å². The summed E-state index contributed by atoms with van der Waals surface area (Å²) in [5, 5.41) is 21.3. The molecule has 0 radical (unpaired) electrons. The summed E-state index contributed by atoms with van der Waals surface area (Å²) in [6.45, 7) is 7.21. The molecular weight excluding hydrogens is 600 g/mol. The number of hydrogen-bond donors (Lipinski definition) is 7. The topological polar surface area (TPSA) is 190 Å². The number of carboxylic acid groups (broad SMARTS) is 1. The van der Waals surface area contributed by atoms with Gasteiger partial charge < -0.3 is 36.3 Å². The molecule has 2 aromatic rings. The number of nitrogens with one attached hydrogen (secondary N) is 5. The number of amides is 5.